The van der Waals surface area contributed by atoms with E-state index in [1.165, 1.54) is 6.42 Å². The topological polar surface area (TPSA) is 62.6 Å². The molecule has 1 aromatic carbocycles. The summed E-state index contributed by atoms with van der Waals surface area (Å²) in [6, 6.07) is 9.76. The number of anilines is 1. The number of carbonyl (C=O) groups is 2. The van der Waals surface area contributed by atoms with Crippen LogP contribution >= 0.6 is 0 Å². The number of nitrogens with one attached hydrogen (secondary N) is 1. The molecule has 1 aliphatic carbocycles. The number of furan rings is 1. The summed E-state index contributed by atoms with van der Waals surface area (Å²) in [7, 11) is 0. The molecule has 0 saturated heterocycles. The van der Waals surface area contributed by atoms with Crippen molar-refractivity contribution in [3.05, 3.63) is 41.7 Å². The lowest BCUT2D eigenvalue weighted by Crippen LogP contribution is -2.41. The summed E-state index contributed by atoms with van der Waals surface area (Å²) < 4.78 is 6.10. The Hall–Kier alpha value is -2.56. The molecule has 1 saturated carbocycles. The summed E-state index contributed by atoms with van der Waals surface area (Å²) in [5.74, 6) is 2.27. The third kappa shape index (κ3) is 3.71. The van der Waals surface area contributed by atoms with E-state index in [0.29, 0.717) is 12.5 Å². The fourth-order valence-corrected chi connectivity index (χ4v) is 3.65. The Balaban J connectivity index is 1.51. The first-order chi connectivity index (χ1) is 13.3. The van der Waals surface area contributed by atoms with Gasteiger partial charge in [-0.1, -0.05) is 39.3 Å². The second-order valence-corrected chi connectivity index (χ2v) is 8.98. The van der Waals surface area contributed by atoms with Crippen molar-refractivity contribution in [2.24, 2.45) is 11.3 Å². The van der Waals surface area contributed by atoms with Gasteiger partial charge in [0.2, 0.25) is 11.8 Å². The maximum atomic E-state index is 12.6. The number of hydrogen-bond donors (Lipinski definition) is 1. The Morgan fingerprint density at radius 3 is 2.64 bits per heavy atom. The van der Waals surface area contributed by atoms with E-state index < -0.39 is 5.41 Å². The van der Waals surface area contributed by atoms with E-state index in [4.69, 9.17) is 4.42 Å². The average Bonchev–Trinajstić information content (AvgIpc) is 3.03. The van der Waals surface area contributed by atoms with Gasteiger partial charge in [0.05, 0.1) is 0 Å². The van der Waals surface area contributed by atoms with E-state index in [1.54, 1.807) is 0 Å². The van der Waals surface area contributed by atoms with E-state index >= 15 is 0 Å². The highest BCUT2D eigenvalue weighted by molar-refractivity contribution is 5.95. The molecule has 1 aromatic heterocycles. The smallest absolute Gasteiger partial charge is 0.229 e. The van der Waals surface area contributed by atoms with Crippen LogP contribution in [0.4, 0.5) is 5.69 Å². The summed E-state index contributed by atoms with van der Waals surface area (Å²) in [6.45, 7) is 7.04. The highest BCUT2D eigenvalue weighted by Crippen LogP contribution is 2.34. The van der Waals surface area contributed by atoms with Crippen LogP contribution in [0.1, 0.15) is 51.4 Å². The number of rotatable bonds is 3. The predicted molar refractivity (Wildman–Crippen MR) is 109 cm³/mol. The molecule has 2 heterocycles. The molecule has 0 spiro atoms. The van der Waals surface area contributed by atoms with Crippen LogP contribution in [0.25, 0.3) is 11.3 Å². The van der Waals surface area contributed by atoms with Crippen molar-refractivity contribution < 1.29 is 14.0 Å². The molecule has 0 bridgehead atoms. The molecule has 5 nitrogen and oxygen atoms in total. The lowest BCUT2D eigenvalue weighted by atomic mass is 9.84. The third-order valence-electron chi connectivity index (χ3n) is 5.72. The molecular formula is C23H28N2O3. The van der Waals surface area contributed by atoms with Crippen molar-refractivity contribution in [3.63, 3.8) is 0 Å². The summed E-state index contributed by atoms with van der Waals surface area (Å²) in [4.78, 5) is 26.8. The largest absolute Gasteiger partial charge is 0.461 e. The van der Waals surface area contributed by atoms with Gasteiger partial charge in [0.25, 0.3) is 0 Å². The monoisotopic (exact) mass is 380 g/mol. The molecule has 0 unspecified atom stereocenters. The number of hydrogen-bond acceptors (Lipinski definition) is 3. The first-order valence-electron chi connectivity index (χ1n) is 10.1. The zero-order valence-electron chi connectivity index (χ0n) is 16.9. The van der Waals surface area contributed by atoms with Gasteiger partial charge < -0.3 is 14.6 Å². The van der Waals surface area contributed by atoms with E-state index in [2.05, 4.69) is 5.32 Å². The molecule has 5 heteroatoms. The molecule has 0 atom stereocenters. The van der Waals surface area contributed by atoms with E-state index in [-0.39, 0.29) is 11.8 Å². The van der Waals surface area contributed by atoms with Crippen molar-refractivity contribution in [1.82, 2.24) is 4.90 Å². The highest BCUT2D eigenvalue weighted by atomic mass is 16.3. The van der Waals surface area contributed by atoms with Crippen molar-refractivity contribution in [1.29, 1.82) is 0 Å². The van der Waals surface area contributed by atoms with Crippen LogP contribution in [0.2, 0.25) is 0 Å². The second-order valence-electron chi connectivity index (χ2n) is 8.98. The van der Waals surface area contributed by atoms with Crippen LogP contribution < -0.4 is 5.32 Å². The van der Waals surface area contributed by atoms with Crippen LogP contribution in [0.3, 0.4) is 0 Å². The van der Waals surface area contributed by atoms with Gasteiger partial charge in [-0.05, 0) is 31.0 Å². The van der Waals surface area contributed by atoms with Gasteiger partial charge in [-0.2, -0.15) is 0 Å². The SMILES string of the molecule is CC(C)(C)C(=O)Nc1cccc(-c2cc3c(o2)CCN(C(=O)C2CCC2)C3)c1. The average molecular weight is 380 g/mol. The number of benzene rings is 1. The number of fused-ring (bicyclic) bond motifs is 1. The van der Waals surface area contributed by atoms with Crippen LogP contribution in [0.5, 0.6) is 0 Å². The fraction of sp³-hybridized carbons (Fsp3) is 0.478. The predicted octanol–water partition coefficient (Wildman–Crippen LogP) is 4.62. The Morgan fingerprint density at radius 2 is 1.96 bits per heavy atom. The van der Waals surface area contributed by atoms with Gasteiger partial charge in [-0.25, -0.2) is 0 Å². The first kappa shape index (κ1) is 18.8. The lowest BCUT2D eigenvalue weighted by Gasteiger charge is -2.33. The Kier molecular flexibility index (Phi) is 4.77. The minimum atomic E-state index is -0.448. The zero-order chi connectivity index (χ0) is 19.9. The fourth-order valence-electron chi connectivity index (χ4n) is 3.65. The minimum absolute atomic E-state index is 0.0199. The third-order valence-corrected chi connectivity index (χ3v) is 5.72. The standard InChI is InChI=1S/C23H28N2O3/c1-23(2,3)22(27)24-18-9-5-8-16(12-18)20-13-17-14-25(11-10-19(17)28-20)21(26)15-6-4-7-15/h5,8-9,12-13,15H,4,6-7,10-11,14H2,1-3H3,(H,24,27). The maximum Gasteiger partial charge on any atom is 0.229 e. The maximum absolute atomic E-state index is 12.6. The lowest BCUT2D eigenvalue weighted by molar-refractivity contribution is -0.139. The van der Waals surface area contributed by atoms with Gasteiger partial charge in [-0.3, -0.25) is 9.59 Å². The molecule has 28 heavy (non-hydrogen) atoms. The Labute approximate surface area is 166 Å². The van der Waals surface area contributed by atoms with Crippen molar-refractivity contribution in [2.75, 3.05) is 11.9 Å². The molecule has 2 aromatic rings. The van der Waals surface area contributed by atoms with Gasteiger partial charge >= 0.3 is 0 Å². The molecular weight excluding hydrogens is 352 g/mol. The van der Waals surface area contributed by atoms with Gasteiger partial charge in [0.1, 0.15) is 11.5 Å². The molecule has 4 rings (SSSR count). The number of amides is 2. The van der Waals surface area contributed by atoms with E-state index in [1.807, 2.05) is 56.0 Å². The Morgan fingerprint density at radius 1 is 1.18 bits per heavy atom. The molecule has 1 fully saturated rings. The van der Waals surface area contributed by atoms with Crippen LogP contribution in [0, 0.1) is 11.3 Å². The quantitative estimate of drug-likeness (QED) is 0.845. The molecule has 2 amide bonds. The van der Waals surface area contributed by atoms with Gasteiger partial charge in [0, 0.05) is 47.7 Å². The Bertz CT molecular complexity index is 903. The van der Waals surface area contributed by atoms with Crippen molar-refractivity contribution in [3.8, 4) is 11.3 Å². The van der Waals surface area contributed by atoms with Crippen LogP contribution in [0.15, 0.2) is 34.7 Å². The molecule has 1 aliphatic heterocycles. The summed E-state index contributed by atoms with van der Waals surface area (Å²) >= 11 is 0. The summed E-state index contributed by atoms with van der Waals surface area (Å²) in [5, 5.41) is 2.97. The van der Waals surface area contributed by atoms with Crippen LogP contribution in [-0.4, -0.2) is 23.3 Å². The second kappa shape index (κ2) is 7.12. The van der Waals surface area contributed by atoms with Gasteiger partial charge in [-0.15, -0.1) is 0 Å². The van der Waals surface area contributed by atoms with Crippen molar-refractivity contribution in [2.45, 2.75) is 53.0 Å². The van der Waals surface area contributed by atoms with Gasteiger partial charge in [0.15, 0.2) is 0 Å². The molecule has 2 aliphatic rings. The molecule has 1 N–H and O–H groups in total. The first-order valence-corrected chi connectivity index (χ1v) is 10.1. The minimum Gasteiger partial charge on any atom is -0.461 e. The highest BCUT2D eigenvalue weighted by Gasteiger charge is 2.32. The van der Waals surface area contributed by atoms with E-state index in [0.717, 1.165) is 54.1 Å². The summed E-state index contributed by atoms with van der Waals surface area (Å²) in [5.41, 5.74) is 2.33. The number of carbonyl (C=O) groups excluding carboxylic acids is 2. The summed E-state index contributed by atoms with van der Waals surface area (Å²) in [6.07, 6.45) is 4.00. The van der Waals surface area contributed by atoms with E-state index in [9.17, 15) is 9.59 Å². The van der Waals surface area contributed by atoms with Crippen molar-refractivity contribution >= 4 is 17.5 Å². The normalized spacial score (nSPS) is 17.0. The number of nitrogens with zero attached hydrogens (tertiary/aromatic N) is 1. The molecule has 0 radical (unpaired) electrons. The zero-order valence-corrected chi connectivity index (χ0v) is 16.9. The molecule has 148 valence electrons. The van der Waals surface area contributed by atoms with Crippen LogP contribution in [-0.2, 0) is 22.6 Å².